The number of benzene rings is 1. The Labute approximate surface area is 149 Å². The third-order valence-corrected chi connectivity index (χ3v) is 3.57. The van der Waals surface area contributed by atoms with Gasteiger partial charge in [-0.3, -0.25) is 0 Å². The van der Waals surface area contributed by atoms with Crippen molar-refractivity contribution in [2.45, 2.75) is 13.0 Å². The minimum Gasteiger partial charge on any atom is -0.443 e. The largest absolute Gasteiger partial charge is 0.573 e. The van der Waals surface area contributed by atoms with Gasteiger partial charge in [0.25, 0.3) is 0 Å². The molecule has 0 aliphatic rings. The number of carbonyl (C=O) groups excluding carboxylic acids is 1. The highest BCUT2D eigenvalue weighted by atomic mass is 35.5. The van der Waals surface area contributed by atoms with Crippen LogP contribution in [-0.4, -0.2) is 27.2 Å². The van der Waals surface area contributed by atoms with Crippen molar-refractivity contribution in [1.82, 2.24) is 14.8 Å². The first-order valence-corrected chi connectivity index (χ1v) is 7.43. The maximum absolute atomic E-state index is 12.3. The summed E-state index contributed by atoms with van der Waals surface area (Å²) < 4.78 is 46.7. The number of pyridine rings is 1. The summed E-state index contributed by atoms with van der Waals surface area (Å²) in [5, 5.41) is 5.03. The van der Waals surface area contributed by atoms with Crippen LogP contribution in [-0.2, 0) is 11.3 Å². The van der Waals surface area contributed by atoms with Crippen LogP contribution in [0.15, 0.2) is 36.5 Å². The fraction of sp³-hybridized carbons (Fsp3) is 0.133. The Hall–Kier alpha value is -3.01. The van der Waals surface area contributed by atoms with Crippen LogP contribution in [0, 0.1) is 0 Å². The van der Waals surface area contributed by atoms with Gasteiger partial charge >= 0.3 is 12.5 Å². The molecule has 26 heavy (non-hydrogen) atoms. The van der Waals surface area contributed by atoms with Gasteiger partial charge in [-0.05, 0) is 30.3 Å². The van der Waals surface area contributed by atoms with Crippen LogP contribution in [0.2, 0.25) is 5.02 Å². The lowest BCUT2D eigenvalue weighted by molar-refractivity contribution is -0.274. The smallest absolute Gasteiger partial charge is 0.443 e. The maximum atomic E-state index is 12.3. The standard InChI is InChI=1S/C15H10ClF3N4O3/c16-10-5-6-21-13-12(10)11(7-25-14(20)24)22-23(13)8-1-3-9(4-2-8)26-15(17,18)19/h1-6H,7H2,(H2,20,24). The van der Waals surface area contributed by atoms with E-state index in [0.717, 1.165) is 12.1 Å². The zero-order valence-electron chi connectivity index (χ0n) is 12.8. The van der Waals surface area contributed by atoms with Gasteiger partial charge in [-0.15, -0.1) is 13.2 Å². The monoisotopic (exact) mass is 386 g/mol. The second kappa shape index (κ2) is 6.71. The van der Waals surface area contributed by atoms with E-state index in [1.54, 1.807) is 0 Å². The molecule has 3 aromatic rings. The molecule has 0 atom stereocenters. The summed E-state index contributed by atoms with van der Waals surface area (Å²) in [7, 11) is 0. The molecule has 0 saturated carbocycles. The molecule has 0 aliphatic carbocycles. The van der Waals surface area contributed by atoms with Crippen LogP contribution < -0.4 is 10.5 Å². The molecular formula is C15H10ClF3N4O3. The first-order valence-electron chi connectivity index (χ1n) is 7.05. The molecule has 1 aromatic carbocycles. The van der Waals surface area contributed by atoms with E-state index in [-0.39, 0.29) is 12.4 Å². The summed E-state index contributed by atoms with van der Waals surface area (Å²) in [6, 6.07) is 6.55. The highest BCUT2D eigenvalue weighted by Gasteiger charge is 2.31. The Bertz CT molecular complexity index is 957. The molecule has 0 unspecified atom stereocenters. The van der Waals surface area contributed by atoms with Gasteiger partial charge in [-0.1, -0.05) is 11.6 Å². The third kappa shape index (κ3) is 3.80. The third-order valence-electron chi connectivity index (χ3n) is 3.26. The van der Waals surface area contributed by atoms with Crippen molar-refractivity contribution in [3.8, 4) is 11.4 Å². The van der Waals surface area contributed by atoms with Gasteiger partial charge < -0.3 is 15.2 Å². The summed E-state index contributed by atoms with van der Waals surface area (Å²) in [4.78, 5) is 15.0. The molecule has 3 rings (SSSR count). The van der Waals surface area contributed by atoms with Gasteiger partial charge in [0, 0.05) is 6.20 Å². The van der Waals surface area contributed by atoms with Crippen molar-refractivity contribution < 1.29 is 27.4 Å². The summed E-state index contributed by atoms with van der Waals surface area (Å²) in [6.45, 7) is -0.237. The lowest BCUT2D eigenvalue weighted by atomic mass is 10.2. The first-order chi connectivity index (χ1) is 12.2. The van der Waals surface area contributed by atoms with E-state index >= 15 is 0 Å². The Kier molecular flexibility index (Phi) is 4.60. The summed E-state index contributed by atoms with van der Waals surface area (Å²) in [6.07, 6.45) is -4.32. The highest BCUT2D eigenvalue weighted by Crippen LogP contribution is 2.29. The van der Waals surface area contributed by atoms with Gasteiger partial charge in [0.15, 0.2) is 5.65 Å². The van der Waals surface area contributed by atoms with Gasteiger partial charge in [-0.2, -0.15) is 5.10 Å². The van der Waals surface area contributed by atoms with Crippen LogP contribution in [0.3, 0.4) is 0 Å². The lowest BCUT2D eigenvalue weighted by Crippen LogP contribution is -2.17. The second-order valence-corrected chi connectivity index (χ2v) is 5.41. The number of nitrogens with two attached hydrogens (primary N) is 1. The van der Waals surface area contributed by atoms with Crippen molar-refractivity contribution in [2.75, 3.05) is 0 Å². The van der Waals surface area contributed by atoms with Gasteiger partial charge in [0.05, 0.1) is 16.1 Å². The van der Waals surface area contributed by atoms with Crippen LogP contribution >= 0.6 is 11.6 Å². The van der Waals surface area contributed by atoms with E-state index < -0.39 is 12.5 Å². The Morgan fingerprint density at radius 3 is 2.54 bits per heavy atom. The van der Waals surface area contributed by atoms with E-state index in [0.29, 0.717) is 27.4 Å². The second-order valence-electron chi connectivity index (χ2n) is 5.00. The highest BCUT2D eigenvalue weighted by molar-refractivity contribution is 6.35. The van der Waals surface area contributed by atoms with Crippen LogP contribution in [0.25, 0.3) is 16.7 Å². The SMILES string of the molecule is NC(=O)OCc1nn(-c2ccc(OC(F)(F)F)cc2)c2nccc(Cl)c12. The normalized spacial score (nSPS) is 11.5. The number of ether oxygens (including phenoxy) is 2. The van der Waals surface area contributed by atoms with Crippen molar-refractivity contribution in [3.63, 3.8) is 0 Å². The van der Waals surface area contributed by atoms with E-state index in [4.69, 9.17) is 22.1 Å². The van der Waals surface area contributed by atoms with Crippen molar-refractivity contribution >= 4 is 28.7 Å². The molecule has 0 saturated heterocycles. The number of primary amides is 1. The fourth-order valence-electron chi connectivity index (χ4n) is 2.28. The molecule has 2 N–H and O–H groups in total. The van der Waals surface area contributed by atoms with Crippen LogP contribution in [0.1, 0.15) is 5.69 Å². The van der Waals surface area contributed by atoms with Crippen molar-refractivity contribution in [2.24, 2.45) is 5.73 Å². The van der Waals surface area contributed by atoms with Crippen molar-refractivity contribution in [3.05, 3.63) is 47.2 Å². The number of halogens is 4. The van der Waals surface area contributed by atoms with E-state index in [1.807, 2.05) is 0 Å². The molecule has 2 aromatic heterocycles. The maximum Gasteiger partial charge on any atom is 0.573 e. The first kappa shape index (κ1) is 17.8. The number of nitrogens with zero attached hydrogens (tertiary/aromatic N) is 3. The van der Waals surface area contributed by atoms with E-state index in [2.05, 4.69) is 14.8 Å². The molecule has 2 heterocycles. The summed E-state index contributed by atoms with van der Waals surface area (Å²) in [5.74, 6) is -0.374. The zero-order chi connectivity index (χ0) is 18.9. The molecule has 0 fully saturated rings. The molecule has 0 aliphatic heterocycles. The van der Waals surface area contributed by atoms with Gasteiger partial charge in [-0.25, -0.2) is 14.5 Å². The zero-order valence-corrected chi connectivity index (χ0v) is 13.6. The average Bonchev–Trinajstić information content (AvgIpc) is 2.92. The molecule has 11 heteroatoms. The minimum atomic E-state index is -4.78. The molecule has 1 amide bonds. The lowest BCUT2D eigenvalue weighted by Gasteiger charge is -2.09. The number of fused-ring (bicyclic) bond motifs is 1. The molecule has 136 valence electrons. The molecule has 0 radical (unpaired) electrons. The minimum absolute atomic E-state index is 0.237. The van der Waals surface area contributed by atoms with Crippen molar-refractivity contribution in [1.29, 1.82) is 0 Å². The number of hydrogen-bond acceptors (Lipinski definition) is 5. The Morgan fingerprint density at radius 2 is 1.92 bits per heavy atom. The fourth-order valence-corrected chi connectivity index (χ4v) is 2.53. The number of aromatic nitrogens is 3. The van der Waals surface area contributed by atoms with E-state index in [1.165, 1.54) is 29.1 Å². The number of hydrogen-bond donors (Lipinski definition) is 1. The quantitative estimate of drug-likeness (QED) is 0.740. The summed E-state index contributed by atoms with van der Waals surface area (Å²) in [5.41, 5.74) is 6.00. The number of amides is 1. The molecule has 0 spiro atoms. The molecular weight excluding hydrogens is 377 g/mol. The predicted molar refractivity (Wildman–Crippen MR) is 84.9 cm³/mol. The van der Waals surface area contributed by atoms with Crippen LogP contribution in [0.5, 0.6) is 5.75 Å². The topological polar surface area (TPSA) is 92.3 Å². The average molecular weight is 387 g/mol. The van der Waals surface area contributed by atoms with Crippen LogP contribution in [0.4, 0.5) is 18.0 Å². The number of carbonyl (C=O) groups is 1. The molecule has 0 bridgehead atoms. The predicted octanol–water partition coefficient (Wildman–Crippen LogP) is 3.57. The van der Waals surface area contributed by atoms with E-state index in [9.17, 15) is 18.0 Å². The number of rotatable bonds is 4. The summed E-state index contributed by atoms with van der Waals surface area (Å²) >= 11 is 6.17. The number of alkyl halides is 3. The van der Waals surface area contributed by atoms with Gasteiger partial charge in [0.2, 0.25) is 0 Å². The molecule has 7 nitrogen and oxygen atoms in total. The van der Waals surface area contributed by atoms with Gasteiger partial charge in [0.1, 0.15) is 18.1 Å². The Balaban J connectivity index is 2.02. The Morgan fingerprint density at radius 1 is 1.23 bits per heavy atom.